The summed E-state index contributed by atoms with van der Waals surface area (Å²) in [5.41, 5.74) is 0.172. The van der Waals surface area contributed by atoms with Crippen molar-refractivity contribution in [2.45, 2.75) is 44.2 Å². The van der Waals surface area contributed by atoms with Crippen molar-refractivity contribution in [3.63, 3.8) is 0 Å². The molecule has 1 aromatic carbocycles. The first-order valence-electron chi connectivity index (χ1n) is 12.5. The number of nitrogens with zero attached hydrogens (tertiary/aromatic N) is 3. The highest BCUT2D eigenvalue weighted by Gasteiger charge is 2.43. The molecule has 0 bridgehead atoms. The van der Waals surface area contributed by atoms with Crippen LogP contribution in [-0.4, -0.2) is 66.9 Å². The van der Waals surface area contributed by atoms with Crippen LogP contribution in [0, 0.1) is 29.4 Å². The van der Waals surface area contributed by atoms with Crippen LogP contribution in [0.15, 0.2) is 24.3 Å². The Hall–Kier alpha value is -2.65. The fraction of sp³-hybridized carbons (Fsp3) is 0.577. The lowest BCUT2D eigenvalue weighted by atomic mass is 9.85. The minimum atomic E-state index is -1.09. The molecule has 3 aliphatic rings. The van der Waals surface area contributed by atoms with Crippen LogP contribution in [0.2, 0.25) is 0 Å². The second kappa shape index (κ2) is 10.1. The summed E-state index contributed by atoms with van der Waals surface area (Å²) < 4.78 is 34.2. The van der Waals surface area contributed by atoms with E-state index in [4.69, 9.17) is 4.74 Å². The van der Waals surface area contributed by atoms with E-state index in [0.717, 1.165) is 57.4 Å². The van der Waals surface area contributed by atoms with E-state index in [1.54, 1.807) is 26.2 Å². The van der Waals surface area contributed by atoms with E-state index in [0.29, 0.717) is 29.7 Å². The molecule has 1 saturated carbocycles. The van der Waals surface area contributed by atoms with Crippen LogP contribution in [0.25, 0.3) is 11.3 Å². The first kappa shape index (κ1) is 24.1. The molecule has 3 heterocycles. The van der Waals surface area contributed by atoms with E-state index < -0.39 is 17.5 Å². The van der Waals surface area contributed by atoms with Gasteiger partial charge in [0.15, 0.2) is 11.6 Å². The summed E-state index contributed by atoms with van der Waals surface area (Å²) >= 11 is 0. The highest BCUT2D eigenvalue weighted by Crippen LogP contribution is 2.41. The number of benzene rings is 1. The van der Waals surface area contributed by atoms with Gasteiger partial charge in [0, 0.05) is 50.5 Å². The second-order valence-corrected chi connectivity index (χ2v) is 10.4. The van der Waals surface area contributed by atoms with Gasteiger partial charge in [-0.05, 0) is 80.7 Å². The zero-order valence-electron chi connectivity index (χ0n) is 20.3. The largest absolute Gasteiger partial charge is 0.381 e. The molecule has 7 nitrogen and oxygen atoms in total. The number of ether oxygens (including phenoxy) is 1. The van der Waals surface area contributed by atoms with Crippen LogP contribution >= 0.6 is 0 Å². The SMILES string of the molecule is CN(C)C(=O)c1cc(F)c(F)c(-c2ccc(N[C@H]3C[C@@H]4CN[C@@H](CC5CCOCC5)[C@H]4C3)nn2)c1. The van der Waals surface area contributed by atoms with Gasteiger partial charge in [0.25, 0.3) is 5.91 Å². The molecule has 5 rings (SSSR count). The van der Waals surface area contributed by atoms with Crippen molar-refractivity contribution in [3.05, 3.63) is 41.5 Å². The summed E-state index contributed by atoms with van der Waals surface area (Å²) in [6, 6.07) is 6.47. The van der Waals surface area contributed by atoms with Crippen molar-refractivity contribution in [1.82, 2.24) is 20.4 Å². The number of fused-ring (bicyclic) bond motifs is 1. The minimum Gasteiger partial charge on any atom is -0.381 e. The van der Waals surface area contributed by atoms with Gasteiger partial charge in [-0.1, -0.05) is 0 Å². The summed E-state index contributed by atoms with van der Waals surface area (Å²) in [6.45, 7) is 2.84. The number of amides is 1. The number of carbonyl (C=O) groups excluding carboxylic acids is 1. The molecule has 0 spiro atoms. The van der Waals surface area contributed by atoms with Crippen molar-refractivity contribution in [2.75, 3.05) is 39.2 Å². The van der Waals surface area contributed by atoms with E-state index in [9.17, 15) is 13.6 Å². The molecule has 35 heavy (non-hydrogen) atoms. The van der Waals surface area contributed by atoms with E-state index >= 15 is 0 Å². The Bertz CT molecular complexity index is 1060. The third-order valence-electron chi connectivity index (χ3n) is 7.81. The van der Waals surface area contributed by atoms with E-state index in [-0.39, 0.29) is 16.8 Å². The maximum absolute atomic E-state index is 14.5. The minimum absolute atomic E-state index is 0.0642. The number of nitrogens with one attached hydrogen (secondary N) is 2. The Morgan fingerprint density at radius 2 is 1.97 bits per heavy atom. The Balaban J connectivity index is 1.23. The van der Waals surface area contributed by atoms with Crippen LogP contribution < -0.4 is 10.6 Å². The lowest BCUT2D eigenvalue weighted by molar-refractivity contribution is 0.0594. The highest BCUT2D eigenvalue weighted by atomic mass is 19.2. The lowest BCUT2D eigenvalue weighted by Gasteiger charge is -2.27. The topological polar surface area (TPSA) is 79.4 Å². The van der Waals surface area contributed by atoms with Gasteiger partial charge < -0.3 is 20.3 Å². The highest BCUT2D eigenvalue weighted by molar-refractivity contribution is 5.95. The molecule has 2 N–H and O–H groups in total. The smallest absolute Gasteiger partial charge is 0.253 e. The van der Waals surface area contributed by atoms with E-state index in [1.165, 1.54) is 17.4 Å². The fourth-order valence-electron chi connectivity index (χ4n) is 5.98. The molecule has 1 amide bonds. The molecule has 3 fully saturated rings. The first-order chi connectivity index (χ1) is 16.9. The zero-order valence-corrected chi connectivity index (χ0v) is 20.3. The predicted molar refractivity (Wildman–Crippen MR) is 129 cm³/mol. The average Bonchev–Trinajstić information content (AvgIpc) is 3.42. The number of anilines is 1. The van der Waals surface area contributed by atoms with E-state index in [1.807, 2.05) is 0 Å². The number of carbonyl (C=O) groups is 1. The second-order valence-electron chi connectivity index (χ2n) is 10.4. The number of rotatable bonds is 6. The summed E-state index contributed by atoms with van der Waals surface area (Å²) in [5, 5.41) is 15.6. The first-order valence-corrected chi connectivity index (χ1v) is 12.5. The normalized spacial score (nSPS) is 26.5. The maximum Gasteiger partial charge on any atom is 0.253 e. The van der Waals surface area contributed by atoms with E-state index in [2.05, 4.69) is 20.8 Å². The summed E-state index contributed by atoms with van der Waals surface area (Å²) in [4.78, 5) is 13.6. The Morgan fingerprint density at radius 3 is 2.69 bits per heavy atom. The van der Waals surface area contributed by atoms with Gasteiger partial charge in [-0.3, -0.25) is 4.79 Å². The zero-order chi connectivity index (χ0) is 24.5. The summed E-state index contributed by atoms with van der Waals surface area (Å²) in [5.74, 6) is 0.166. The molecule has 2 saturated heterocycles. The molecular formula is C26H33F2N5O2. The molecule has 0 radical (unpaired) electrons. The number of halogens is 2. The van der Waals surface area contributed by atoms with Gasteiger partial charge in [-0.15, -0.1) is 10.2 Å². The lowest BCUT2D eigenvalue weighted by Crippen LogP contribution is -2.33. The van der Waals surface area contributed by atoms with Crippen LogP contribution in [0.1, 0.15) is 42.5 Å². The summed E-state index contributed by atoms with van der Waals surface area (Å²) in [6.07, 6.45) is 5.72. The van der Waals surface area contributed by atoms with Crippen molar-refractivity contribution < 1.29 is 18.3 Å². The van der Waals surface area contributed by atoms with Crippen molar-refractivity contribution in [1.29, 1.82) is 0 Å². The molecule has 2 aliphatic heterocycles. The third kappa shape index (κ3) is 5.16. The molecule has 0 unspecified atom stereocenters. The standard InChI is InChI=1S/C26H33F2N5O2/c1-33(2)26(34)16-11-20(25(28)21(27)12-16)22-3-4-24(32-31-22)30-18-10-17-14-29-23(19(17)13-18)9-15-5-7-35-8-6-15/h3-4,11-12,15,17-19,23,29H,5-10,13-14H2,1-2H3,(H,30,32)/t17-,18+,19+,23+/m1/s1. The molecule has 2 aromatic rings. The average molecular weight is 486 g/mol. The van der Waals surface area contributed by atoms with Gasteiger partial charge in [-0.2, -0.15) is 0 Å². The van der Waals surface area contributed by atoms with Gasteiger partial charge in [0.2, 0.25) is 0 Å². The van der Waals surface area contributed by atoms with Gasteiger partial charge >= 0.3 is 0 Å². The van der Waals surface area contributed by atoms with Crippen LogP contribution in [0.3, 0.4) is 0 Å². The van der Waals surface area contributed by atoms with Crippen molar-refractivity contribution >= 4 is 11.7 Å². The molecule has 1 aromatic heterocycles. The quantitative estimate of drug-likeness (QED) is 0.649. The van der Waals surface area contributed by atoms with Crippen LogP contribution in [0.4, 0.5) is 14.6 Å². The predicted octanol–water partition coefficient (Wildman–Crippen LogP) is 3.72. The molecule has 4 atom stereocenters. The van der Waals surface area contributed by atoms with Gasteiger partial charge in [0.05, 0.1) is 5.69 Å². The van der Waals surface area contributed by atoms with Crippen molar-refractivity contribution in [2.24, 2.45) is 17.8 Å². The van der Waals surface area contributed by atoms with Gasteiger partial charge in [-0.25, -0.2) is 8.78 Å². The van der Waals surface area contributed by atoms with Crippen molar-refractivity contribution in [3.8, 4) is 11.3 Å². The van der Waals surface area contributed by atoms with Crippen LogP contribution in [-0.2, 0) is 4.74 Å². The fourth-order valence-corrected chi connectivity index (χ4v) is 5.98. The third-order valence-corrected chi connectivity index (χ3v) is 7.81. The Morgan fingerprint density at radius 1 is 1.17 bits per heavy atom. The summed E-state index contributed by atoms with van der Waals surface area (Å²) in [7, 11) is 3.12. The Kier molecular flexibility index (Phi) is 6.98. The monoisotopic (exact) mass is 485 g/mol. The molecule has 1 aliphatic carbocycles. The molecule has 9 heteroatoms. The molecule has 188 valence electrons. The number of aromatic nitrogens is 2. The van der Waals surface area contributed by atoms with Gasteiger partial charge in [0.1, 0.15) is 5.82 Å². The maximum atomic E-state index is 14.5. The van der Waals surface area contributed by atoms with Crippen LogP contribution in [0.5, 0.6) is 0 Å². The Labute approximate surface area is 204 Å². The number of hydrogen-bond acceptors (Lipinski definition) is 6. The molecular weight excluding hydrogens is 452 g/mol. The number of hydrogen-bond donors (Lipinski definition) is 2.